The van der Waals surface area contributed by atoms with Crippen LogP contribution in [0.4, 0.5) is 11.4 Å². The molecule has 36 heavy (non-hydrogen) atoms. The summed E-state index contributed by atoms with van der Waals surface area (Å²) in [6, 6.07) is 23.6. The molecule has 5 rings (SSSR count). The van der Waals surface area contributed by atoms with Gasteiger partial charge >= 0.3 is 0 Å². The van der Waals surface area contributed by atoms with Crippen molar-refractivity contribution in [2.45, 2.75) is 32.4 Å². The lowest BCUT2D eigenvalue weighted by molar-refractivity contribution is -0.114. The van der Waals surface area contributed by atoms with E-state index in [4.69, 9.17) is 17.0 Å². The van der Waals surface area contributed by atoms with Crippen molar-refractivity contribution in [3.8, 4) is 6.07 Å². The third kappa shape index (κ3) is 4.48. The lowest BCUT2D eigenvalue weighted by Gasteiger charge is -2.35. The monoisotopic (exact) mass is 498 g/mol. The summed E-state index contributed by atoms with van der Waals surface area (Å²) in [6.45, 7) is 3.52. The average molecular weight is 499 g/mol. The summed E-state index contributed by atoms with van der Waals surface area (Å²) in [6.07, 6.45) is 1.68. The van der Waals surface area contributed by atoms with E-state index in [1.54, 1.807) is 12.1 Å². The summed E-state index contributed by atoms with van der Waals surface area (Å²) in [5.74, 6) is -0.142. The molecule has 7 nitrogen and oxygen atoms in total. The molecule has 0 saturated carbocycles. The number of imidazole rings is 1. The molecule has 3 aromatic carbocycles. The molecule has 1 saturated heterocycles. The first-order chi connectivity index (χ1) is 17.5. The van der Waals surface area contributed by atoms with Crippen molar-refractivity contribution in [2.75, 3.05) is 23.3 Å². The van der Waals surface area contributed by atoms with Gasteiger partial charge in [-0.1, -0.05) is 41.9 Å². The number of nitrogens with one attached hydrogen (secondary N) is 2. The molecule has 0 radical (unpaired) electrons. The van der Waals surface area contributed by atoms with Crippen molar-refractivity contribution in [1.82, 2.24) is 9.13 Å². The molecule has 1 amide bonds. The van der Waals surface area contributed by atoms with Crippen LogP contribution >= 0.6 is 11.6 Å². The van der Waals surface area contributed by atoms with Crippen molar-refractivity contribution >= 4 is 39.9 Å². The Labute approximate surface area is 214 Å². The molecule has 0 bridgehead atoms. The minimum Gasteiger partial charge on any atom is -0.370 e. The lowest BCUT2D eigenvalue weighted by atomic mass is 10.0. The number of hydrogen-bond donors (Lipinski definition) is 2. The lowest BCUT2D eigenvalue weighted by Crippen LogP contribution is -2.38. The smallest absolute Gasteiger partial charge is 0.221 e. The first-order valence-electron chi connectivity index (χ1n) is 12.0. The summed E-state index contributed by atoms with van der Waals surface area (Å²) in [5, 5.41) is 22.1. The maximum absolute atomic E-state index is 11.7. The van der Waals surface area contributed by atoms with E-state index >= 15 is 0 Å². The van der Waals surface area contributed by atoms with E-state index in [1.807, 2.05) is 47.0 Å². The summed E-state index contributed by atoms with van der Waals surface area (Å²) in [4.78, 5) is 13.9. The van der Waals surface area contributed by atoms with Gasteiger partial charge in [-0.2, -0.15) is 5.26 Å². The van der Waals surface area contributed by atoms with E-state index in [0.717, 1.165) is 48.2 Å². The van der Waals surface area contributed by atoms with E-state index in [1.165, 1.54) is 6.92 Å². The number of nitrogens with zero attached hydrogens (tertiary/aromatic N) is 4. The molecule has 0 spiro atoms. The number of halogens is 1. The van der Waals surface area contributed by atoms with E-state index in [9.17, 15) is 10.1 Å². The van der Waals surface area contributed by atoms with Crippen LogP contribution in [0.1, 0.15) is 36.9 Å². The number of benzene rings is 3. The number of carbonyl (C=O) groups excluding carboxylic acids is 1. The Morgan fingerprint density at radius 2 is 1.78 bits per heavy atom. The SMILES string of the molecule is CC(=O)Nc1ccc(C#N)cc1N1CCC(n2c(=N)n(Cc3ccccc3Cl)c3ccccc32)CC1. The van der Waals surface area contributed by atoms with Gasteiger partial charge in [0.05, 0.1) is 40.6 Å². The van der Waals surface area contributed by atoms with Crippen molar-refractivity contribution in [2.24, 2.45) is 0 Å². The van der Waals surface area contributed by atoms with Gasteiger partial charge in [0.1, 0.15) is 0 Å². The highest BCUT2D eigenvalue weighted by Crippen LogP contribution is 2.33. The second kappa shape index (κ2) is 9.92. The van der Waals surface area contributed by atoms with E-state index in [-0.39, 0.29) is 11.9 Å². The van der Waals surface area contributed by atoms with Crippen LogP contribution in [0.3, 0.4) is 0 Å². The van der Waals surface area contributed by atoms with E-state index in [2.05, 4.69) is 33.0 Å². The van der Waals surface area contributed by atoms with Crippen LogP contribution in [0.15, 0.2) is 66.7 Å². The quantitative estimate of drug-likeness (QED) is 0.391. The van der Waals surface area contributed by atoms with Gasteiger partial charge in [0.25, 0.3) is 0 Å². The number of para-hydroxylation sites is 2. The van der Waals surface area contributed by atoms with Gasteiger partial charge in [-0.15, -0.1) is 0 Å². The number of aromatic nitrogens is 2. The van der Waals surface area contributed by atoms with Gasteiger partial charge in [-0.3, -0.25) is 10.2 Å². The molecule has 1 aliphatic heterocycles. The van der Waals surface area contributed by atoms with Crippen LogP contribution in [0.25, 0.3) is 11.0 Å². The highest BCUT2D eigenvalue weighted by molar-refractivity contribution is 6.31. The number of anilines is 2. The van der Waals surface area contributed by atoms with Gasteiger partial charge < -0.3 is 19.4 Å². The number of carbonyl (C=O) groups is 1. The largest absolute Gasteiger partial charge is 0.370 e. The summed E-state index contributed by atoms with van der Waals surface area (Å²) >= 11 is 6.44. The van der Waals surface area contributed by atoms with Gasteiger partial charge in [0.15, 0.2) is 0 Å². The molecular formula is C28H27ClN6O. The Bertz CT molecular complexity index is 1540. The fourth-order valence-electron chi connectivity index (χ4n) is 5.10. The highest BCUT2D eigenvalue weighted by Gasteiger charge is 2.26. The average Bonchev–Trinajstić information content (AvgIpc) is 3.16. The Morgan fingerprint density at radius 3 is 2.47 bits per heavy atom. The fraction of sp³-hybridized carbons (Fsp3) is 0.250. The first kappa shape index (κ1) is 23.7. The highest BCUT2D eigenvalue weighted by atomic mass is 35.5. The zero-order valence-corrected chi connectivity index (χ0v) is 20.8. The van der Waals surface area contributed by atoms with E-state index < -0.39 is 0 Å². The molecule has 1 aromatic heterocycles. The molecule has 2 heterocycles. The van der Waals surface area contributed by atoms with Crippen LogP contribution in [0.2, 0.25) is 5.02 Å². The Kier molecular flexibility index (Phi) is 6.53. The zero-order valence-electron chi connectivity index (χ0n) is 20.0. The number of rotatable bonds is 5. The molecular weight excluding hydrogens is 472 g/mol. The molecule has 2 N–H and O–H groups in total. The van der Waals surface area contributed by atoms with Crippen molar-refractivity contribution < 1.29 is 4.79 Å². The molecule has 0 aliphatic carbocycles. The summed E-state index contributed by atoms with van der Waals surface area (Å²) < 4.78 is 4.16. The van der Waals surface area contributed by atoms with Gasteiger partial charge in [0, 0.05) is 31.1 Å². The molecule has 1 fully saturated rings. The minimum atomic E-state index is -0.142. The zero-order chi connectivity index (χ0) is 25.2. The van der Waals surface area contributed by atoms with Crippen molar-refractivity contribution in [3.05, 3.63) is 88.5 Å². The number of piperidine rings is 1. The normalized spacial score (nSPS) is 14.1. The molecule has 0 atom stereocenters. The van der Waals surface area contributed by atoms with Crippen LogP contribution in [0, 0.1) is 16.7 Å². The third-order valence-electron chi connectivity index (χ3n) is 6.81. The minimum absolute atomic E-state index is 0.142. The van der Waals surface area contributed by atoms with E-state index in [0.29, 0.717) is 28.4 Å². The molecule has 0 unspecified atom stereocenters. The number of amides is 1. The summed E-state index contributed by atoms with van der Waals surface area (Å²) in [5.41, 5.74) is 5.63. The van der Waals surface area contributed by atoms with Gasteiger partial charge in [0.2, 0.25) is 11.5 Å². The molecule has 4 aromatic rings. The second-order valence-corrected chi connectivity index (χ2v) is 9.51. The molecule has 1 aliphatic rings. The van der Waals surface area contributed by atoms with Crippen LogP contribution in [0.5, 0.6) is 0 Å². The van der Waals surface area contributed by atoms with Crippen molar-refractivity contribution in [1.29, 1.82) is 10.7 Å². The maximum Gasteiger partial charge on any atom is 0.221 e. The topological polar surface area (TPSA) is 89.8 Å². The van der Waals surface area contributed by atoms with Gasteiger partial charge in [-0.25, -0.2) is 0 Å². The van der Waals surface area contributed by atoms with Crippen LogP contribution in [-0.4, -0.2) is 28.1 Å². The third-order valence-corrected chi connectivity index (χ3v) is 7.18. The number of hydrogen-bond acceptors (Lipinski definition) is 4. The fourth-order valence-corrected chi connectivity index (χ4v) is 5.30. The molecule has 8 heteroatoms. The maximum atomic E-state index is 11.7. The summed E-state index contributed by atoms with van der Waals surface area (Å²) in [7, 11) is 0. The Hall–Kier alpha value is -4.02. The molecule has 182 valence electrons. The Balaban J connectivity index is 1.45. The van der Waals surface area contributed by atoms with Crippen LogP contribution < -0.4 is 15.8 Å². The van der Waals surface area contributed by atoms with Crippen molar-refractivity contribution in [3.63, 3.8) is 0 Å². The number of nitriles is 1. The standard InChI is InChI=1S/C28H27ClN6O/c1-19(36)32-24-11-10-20(17-30)16-27(24)33-14-12-22(13-15-33)35-26-9-5-4-8-25(26)34(28(35)31)18-21-6-2-3-7-23(21)29/h2-11,16,22,31H,12-15,18H2,1H3,(H,32,36). The van der Waals surface area contributed by atoms with Crippen LogP contribution in [-0.2, 0) is 11.3 Å². The van der Waals surface area contributed by atoms with Gasteiger partial charge in [-0.05, 0) is 54.8 Å². The predicted octanol–water partition coefficient (Wildman–Crippen LogP) is 5.30. The number of fused-ring (bicyclic) bond motifs is 1. The first-order valence-corrected chi connectivity index (χ1v) is 12.4. The predicted molar refractivity (Wildman–Crippen MR) is 142 cm³/mol. The second-order valence-electron chi connectivity index (χ2n) is 9.10. The Morgan fingerprint density at radius 1 is 1.08 bits per heavy atom.